The second kappa shape index (κ2) is 7.02. The van der Waals surface area contributed by atoms with Crippen LogP contribution in [-0.4, -0.2) is 17.6 Å². The van der Waals surface area contributed by atoms with Crippen molar-refractivity contribution in [3.8, 4) is 0 Å². The van der Waals surface area contributed by atoms with Crippen molar-refractivity contribution >= 4 is 27.3 Å². The minimum Gasteiger partial charge on any atom is -0.314 e. The van der Waals surface area contributed by atoms with Crippen LogP contribution in [0.2, 0.25) is 0 Å². The third-order valence-corrected chi connectivity index (χ3v) is 4.06. The standard InChI is InChI=1S/C14H17BrN2S/c1-2-16-13(10-14-17-6-7-18-14)9-11-4-3-5-12(15)8-11/h3-8,13,16H,2,9-10H2,1H3. The fraction of sp³-hybridized carbons (Fsp3) is 0.357. The van der Waals surface area contributed by atoms with Crippen LogP contribution in [0.3, 0.4) is 0 Å². The van der Waals surface area contributed by atoms with Gasteiger partial charge in [-0.2, -0.15) is 0 Å². The van der Waals surface area contributed by atoms with Crippen LogP contribution in [0.5, 0.6) is 0 Å². The van der Waals surface area contributed by atoms with Gasteiger partial charge in [0.05, 0.1) is 5.01 Å². The number of benzene rings is 1. The molecule has 0 saturated heterocycles. The summed E-state index contributed by atoms with van der Waals surface area (Å²) in [5.74, 6) is 0. The van der Waals surface area contributed by atoms with Gasteiger partial charge in [0.25, 0.3) is 0 Å². The van der Waals surface area contributed by atoms with E-state index in [0.717, 1.165) is 23.9 Å². The maximum Gasteiger partial charge on any atom is 0.0940 e. The van der Waals surface area contributed by atoms with Crippen LogP contribution in [0.15, 0.2) is 40.3 Å². The molecule has 1 N–H and O–H groups in total. The molecule has 0 spiro atoms. The predicted molar refractivity (Wildman–Crippen MR) is 81.1 cm³/mol. The van der Waals surface area contributed by atoms with Gasteiger partial charge in [0, 0.05) is 28.5 Å². The Kier molecular flexibility index (Phi) is 5.35. The molecule has 1 aromatic carbocycles. The van der Waals surface area contributed by atoms with E-state index in [0.29, 0.717) is 6.04 Å². The highest BCUT2D eigenvalue weighted by molar-refractivity contribution is 9.10. The zero-order chi connectivity index (χ0) is 12.8. The Morgan fingerprint density at radius 2 is 2.28 bits per heavy atom. The second-order valence-electron chi connectivity index (χ2n) is 4.22. The molecule has 0 radical (unpaired) electrons. The van der Waals surface area contributed by atoms with Crippen LogP contribution >= 0.6 is 27.3 Å². The van der Waals surface area contributed by atoms with Crippen LogP contribution in [0.1, 0.15) is 17.5 Å². The molecule has 0 fully saturated rings. The number of nitrogens with zero attached hydrogens (tertiary/aromatic N) is 1. The Balaban J connectivity index is 2.01. The number of likely N-dealkylation sites (N-methyl/N-ethyl adjacent to an activating group) is 1. The van der Waals surface area contributed by atoms with Crippen molar-refractivity contribution in [3.63, 3.8) is 0 Å². The molecule has 2 aromatic rings. The van der Waals surface area contributed by atoms with Crippen molar-refractivity contribution in [1.29, 1.82) is 0 Å². The molecule has 18 heavy (non-hydrogen) atoms. The molecule has 1 heterocycles. The Morgan fingerprint density at radius 1 is 1.39 bits per heavy atom. The predicted octanol–water partition coefficient (Wildman–Crippen LogP) is 3.67. The second-order valence-corrected chi connectivity index (χ2v) is 6.11. The number of halogens is 1. The summed E-state index contributed by atoms with van der Waals surface area (Å²) in [7, 11) is 0. The molecule has 0 saturated carbocycles. The molecule has 0 aliphatic heterocycles. The Bertz CT molecular complexity index is 470. The molecular formula is C14H17BrN2S. The van der Waals surface area contributed by atoms with Crippen molar-refractivity contribution in [2.45, 2.75) is 25.8 Å². The highest BCUT2D eigenvalue weighted by Crippen LogP contribution is 2.15. The lowest BCUT2D eigenvalue weighted by molar-refractivity contribution is 0.520. The van der Waals surface area contributed by atoms with Crippen molar-refractivity contribution < 1.29 is 0 Å². The van der Waals surface area contributed by atoms with E-state index in [1.807, 2.05) is 11.6 Å². The van der Waals surface area contributed by atoms with E-state index in [-0.39, 0.29) is 0 Å². The van der Waals surface area contributed by atoms with Gasteiger partial charge in [-0.05, 0) is 30.7 Å². The van der Waals surface area contributed by atoms with Crippen LogP contribution < -0.4 is 5.32 Å². The molecule has 0 aliphatic carbocycles. The maximum atomic E-state index is 4.37. The van der Waals surface area contributed by atoms with Gasteiger partial charge in [0.2, 0.25) is 0 Å². The van der Waals surface area contributed by atoms with Gasteiger partial charge in [0.15, 0.2) is 0 Å². The summed E-state index contributed by atoms with van der Waals surface area (Å²) in [4.78, 5) is 4.37. The number of hydrogen-bond donors (Lipinski definition) is 1. The summed E-state index contributed by atoms with van der Waals surface area (Å²) < 4.78 is 1.14. The Hall–Kier alpha value is -0.710. The quantitative estimate of drug-likeness (QED) is 0.876. The SMILES string of the molecule is CCNC(Cc1cccc(Br)c1)Cc1nccs1. The molecule has 96 valence electrons. The van der Waals surface area contributed by atoms with Crippen LogP contribution in [-0.2, 0) is 12.8 Å². The molecule has 1 unspecified atom stereocenters. The monoisotopic (exact) mass is 324 g/mol. The smallest absolute Gasteiger partial charge is 0.0940 e. The summed E-state index contributed by atoms with van der Waals surface area (Å²) in [6.45, 7) is 3.14. The molecule has 2 nitrogen and oxygen atoms in total. The largest absolute Gasteiger partial charge is 0.314 e. The lowest BCUT2D eigenvalue weighted by Gasteiger charge is -2.16. The first-order valence-corrected chi connectivity index (χ1v) is 7.81. The first-order valence-electron chi connectivity index (χ1n) is 6.14. The average molecular weight is 325 g/mol. The number of aromatic nitrogens is 1. The zero-order valence-corrected chi connectivity index (χ0v) is 12.8. The molecular weight excluding hydrogens is 308 g/mol. The van der Waals surface area contributed by atoms with Gasteiger partial charge >= 0.3 is 0 Å². The molecule has 0 bridgehead atoms. The highest BCUT2D eigenvalue weighted by Gasteiger charge is 2.11. The van der Waals surface area contributed by atoms with Gasteiger partial charge in [-0.15, -0.1) is 11.3 Å². The van der Waals surface area contributed by atoms with E-state index in [2.05, 4.69) is 57.4 Å². The van der Waals surface area contributed by atoms with Crippen LogP contribution in [0.25, 0.3) is 0 Å². The molecule has 2 rings (SSSR count). The van der Waals surface area contributed by atoms with Gasteiger partial charge in [0.1, 0.15) is 0 Å². The van der Waals surface area contributed by atoms with E-state index >= 15 is 0 Å². The van der Waals surface area contributed by atoms with Crippen molar-refractivity contribution in [2.24, 2.45) is 0 Å². The number of nitrogens with one attached hydrogen (secondary N) is 1. The summed E-state index contributed by atoms with van der Waals surface area (Å²) in [5.41, 5.74) is 1.35. The van der Waals surface area contributed by atoms with Gasteiger partial charge in [-0.3, -0.25) is 0 Å². The Morgan fingerprint density at radius 3 is 2.94 bits per heavy atom. The maximum absolute atomic E-state index is 4.37. The number of rotatable bonds is 6. The topological polar surface area (TPSA) is 24.9 Å². The van der Waals surface area contributed by atoms with Crippen molar-refractivity contribution in [2.75, 3.05) is 6.54 Å². The third kappa shape index (κ3) is 4.19. The van der Waals surface area contributed by atoms with E-state index in [4.69, 9.17) is 0 Å². The fourth-order valence-electron chi connectivity index (χ4n) is 2.02. The molecule has 1 atom stereocenters. The molecule has 4 heteroatoms. The van der Waals surface area contributed by atoms with Gasteiger partial charge in [-0.1, -0.05) is 35.0 Å². The summed E-state index contributed by atoms with van der Waals surface area (Å²) in [6, 6.07) is 8.97. The van der Waals surface area contributed by atoms with E-state index in [1.54, 1.807) is 11.3 Å². The summed E-state index contributed by atoms with van der Waals surface area (Å²) in [6.07, 6.45) is 3.91. The normalized spacial score (nSPS) is 12.6. The van der Waals surface area contributed by atoms with Crippen LogP contribution in [0.4, 0.5) is 0 Å². The number of hydrogen-bond acceptors (Lipinski definition) is 3. The van der Waals surface area contributed by atoms with Crippen LogP contribution in [0, 0.1) is 0 Å². The molecule has 0 amide bonds. The fourth-order valence-corrected chi connectivity index (χ4v) is 3.16. The first kappa shape index (κ1) is 13.7. The highest BCUT2D eigenvalue weighted by atomic mass is 79.9. The minimum atomic E-state index is 0.454. The molecule has 1 aromatic heterocycles. The lowest BCUT2D eigenvalue weighted by atomic mass is 10.0. The third-order valence-electron chi connectivity index (χ3n) is 2.77. The number of thiazole rings is 1. The first-order chi connectivity index (χ1) is 8.78. The zero-order valence-electron chi connectivity index (χ0n) is 10.4. The van der Waals surface area contributed by atoms with Crippen molar-refractivity contribution in [3.05, 3.63) is 50.9 Å². The van der Waals surface area contributed by atoms with Gasteiger partial charge in [-0.25, -0.2) is 4.98 Å². The molecule has 0 aliphatic rings. The minimum absolute atomic E-state index is 0.454. The van der Waals surface area contributed by atoms with E-state index in [9.17, 15) is 0 Å². The lowest BCUT2D eigenvalue weighted by Crippen LogP contribution is -2.33. The Labute approximate surface area is 121 Å². The average Bonchev–Trinajstić information content (AvgIpc) is 2.82. The van der Waals surface area contributed by atoms with E-state index < -0.39 is 0 Å². The van der Waals surface area contributed by atoms with Crippen molar-refractivity contribution in [1.82, 2.24) is 10.3 Å². The van der Waals surface area contributed by atoms with E-state index in [1.165, 1.54) is 10.6 Å². The van der Waals surface area contributed by atoms with Gasteiger partial charge < -0.3 is 5.32 Å². The summed E-state index contributed by atoms with van der Waals surface area (Å²) in [5, 5.41) is 6.78. The summed E-state index contributed by atoms with van der Waals surface area (Å²) >= 11 is 5.25.